The third-order valence-electron chi connectivity index (χ3n) is 10.4. The first-order valence-electron chi connectivity index (χ1n) is 17.0. The van der Waals surface area contributed by atoms with E-state index in [-0.39, 0.29) is 0 Å². The minimum atomic E-state index is 0.525. The summed E-state index contributed by atoms with van der Waals surface area (Å²) in [4.78, 5) is 0. The van der Waals surface area contributed by atoms with Gasteiger partial charge in [0, 0.05) is 44.6 Å². The van der Waals surface area contributed by atoms with E-state index in [1.165, 1.54) is 120 Å². The molecule has 0 aromatic heterocycles. The fourth-order valence-electron chi connectivity index (χ4n) is 7.73. The summed E-state index contributed by atoms with van der Waals surface area (Å²) in [6.45, 7) is 13.5. The largest absolute Gasteiger partial charge is 0.382 e. The summed E-state index contributed by atoms with van der Waals surface area (Å²) in [7, 11) is 0. The molecule has 4 heteroatoms. The van der Waals surface area contributed by atoms with E-state index in [4.69, 9.17) is 23.2 Å². The smallest absolute Gasteiger partial charge is 0.0423 e. The molecule has 44 heavy (non-hydrogen) atoms. The lowest BCUT2D eigenvalue weighted by molar-refractivity contribution is 0.462. The molecule has 2 aromatic rings. The molecule has 2 saturated carbocycles. The van der Waals surface area contributed by atoms with Crippen LogP contribution in [-0.4, -0.2) is 12.1 Å². The molecule has 0 aliphatic heterocycles. The highest BCUT2D eigenvalue weighted by molar-refractivity contribution is 6.31. The average Bonchev–Trinajstić information content (AvgIpc) is 3.42. The highest BCUT2D eigenvalue weighted by Crippen LogP contribution is 2.43. The van der Waals surface area contributed by atoms with Gasteiger partial charge in [-0.15, -0.1) is 0 Å². The van der Waals surface area contributed by atoms with Crippen LogP contribution in [0.3, 0.4) is 0 Å². The molecule has 0 heterocycles. The van der Waals surface area contributed by atoms with Gasteiger partial charge in [-0.1, -0.05) is 98.9 Å². The van der Waals surface area contributed by atoms with Crippen LogP contribution in [0.1, 0.15) is 117 Å². The van der Waals surface area contributed by atoms with Crippen LogP contribution in [0.25, 0.3) is 11.1 Å². The van der Waals surface area contributed by atoms with Crippen LogP contribution in [0.4, 0.5) is 11.4 Å². The zero-order valence-corrected chi connectivity index (χ0v) is 29.3. The van der Waals surface area contributed by atoms with Gasteiger partial charge in [-0.3, -0.25) is 0 Å². The Labute approximate surface area is 277 Å². The number of rotatable bonds is 6. The molecule has 2 atom stereocenters. The number of hydrogen-bond acceptors (Lipinski definition) is 2. The van der Waals surface area contributed by atoms with Crippen molar-refractivity contribution >= 4 is 45.7 Å². The van der Waals surface area contributed by atoms with E-state index in [1.807, 2.05) is 12.1 Å². The minimum Gasteiger partial charge on any atom is -0.382 e. The Morgan fingerprint density at radius 1 is 0.545 bits per heavy atom. The monoisotopic (exact) mass is 630 g/mol. The lowest BCUT2D eigenvalue weighted by Gasteiger charge is -2.26. The van der Waals surface area contributed by atoms with Crippen molar-refractivity contribution in [2.45, 2.75) is 118 Å². The van der Waals surface area contributed by atoms with Crippen LogP contribution in [0.5, 0.6) is 0 Å². The Morgan fingerprint density at radius 2 is 0.909 bits per heavy atom. The predicted molar refractivity (Wildman–Crippen MR) is 195 cm³/mol. The zero-order chi connectivity index (χ0) is 31.4. The molecule has 2 aromatic carbocycles. The van der Waals surface area contributed by atoms with E-state index >= 15 is 0 Å². The Balaban J connectivity index is 0.000000175. The number of benzene rings is 2. The average molecular weight is 632 g/mol. The van der Waals surface area contributed by atoms with Gasteiger partial charge in [0.15, 0.2) is 0 Å². The topological polar surface area (TPSA) is 24.1 Å². The molecular formula is C40H52Cl2N2. The molecule has 0 saturated heterocycles. The first-order chi connectivity index (χ1) is 21.1. The van der Waals surface area contributed by atoms with Crippen LogP contribution in [0, 0.1) is 11.8 Å². The molecule has 0 spiro atoms. The van der Waals surface area contributed by atoms with E-state index in [9.17, 15) is 0 Å². The van der Waals surface area contributed by atoms with Gasteiger partial charge in [0.2, 0.25) is 0 Å². The van der Waals surface area contributed by atoms with Crippen LogP contribution in [0.2, 0.25) is 10.0 Å². The summed E-state index contributed by atoms with van der Waals surface area (Å²) >= 11 is 12.6. The zero-order valence-electron chi connectivity index (χ0n) is 27.8. The van der Waals surface area contributed by atoms with Crippen molar-refractivity contribution in [2.75, 3.05) is 10.6 Å². The van der Waals surface area contributed by atoms with Crippen LogP contribution in [0.15, 0.2) is 70.8 Å². The molecule has 0 amide bonds. The van der Waals surface area contributed by atoms with Crippen LogP contribution < -0.4 is 10.6 Å². The third-order valence-corrected chi connectivity index (χ3v) is 10.8. The number of allylic oxidation sites excluding steroid dienone is 8. The standard InChI is InChI=1S/2C20H26ClN/c2*1-13-11-14(2)20(15(13)3)18-12-16(21)9-10-19(18)22-17-7-5-4-6-8-17/h2*9-13,17,22H,4-8H2,1-3H3. The highest BCUT2D eigenvalue weighted by Gasteiger charge is 2.24. The number of hydrogen-bond donors (Lipinski definition) is 2. The molecule has 2 nitrogen and oxygen atoms in total. The van der Waals surface area contributed by atoms with Gasteiger partial charge >= 0.3 is 0 Å². The summed E-state index contributed by atoms with van der Waals surface area (Å²) in [6, 6.07) is 13.8. The fraction of sp³-hybridized carbons (Fsp3) is 0.500. The second-order valence-electron chi connectivity index (χ2n) is 13.7. The maximum absolute atomic E-state index is 6.30. The quantitative estimate of drug-likeness (QED) is 0.331. The van der Waals surface area contributed by atoms with E-state index in [0.29, 0.717) is 23.9 Å². The van der Waals surface area contributed by atoms with E-state index in [1.54, 1.807) is 0 Å². The van der Waals surface area contributed by atoms with Crippen molar-refractivity contribution in [1.29, 1.82) is 0 Å². The molecule has 2 unspecified atom stereocenters. The minimum absolute atomic E-state index is 0.525. The van der Waals surface area contributed by atoms with Crippen LogP contribution >= 0.6 is 23.2 Å². The highest BCUT2D eigenvalue weighted by atomic mass is 35.5. The van der Waals surface area contributed by atoms with E-state index in [0.717, 1.165) is 10.0 Å². The van der Waals surface area contributed by atoms with Crippen molar-refractivity contribution in [3.63, 3.8) is 0 Å². The SMILES string of the molecule is CC1=CC(C)C(C)=C1c1cc(Cl)ccc1NC1CCCCC1.CC1=CC(C)C(C)=C1c1cc(Cl)ccc1NC1CCCCC1. The Hall–Kier alpha value is -2.42. The summed E-state index contributed by atoms with van der Waals surface area (Å²) in [5.74, 6) is 1.05. The van der Waals surface area contributed by atoms with Gasteiger partial charge in [-0.05, 0) is 124 Å². The van der Waals surface area contributed by atoms with Gasteiger partial charge in [0.1, 0.15) is 0 Å². The number of anilines is 2. The van der Waals surface area contributed by atoms with E-state index < -0.39 is 0 Å². The molecule has 6 rings (SSSR count). The normalized spacial score (nSPS) is 22.9. The van der Waals surface area contributed by atoms with Gasteiger partial charge in [0.05, 0.1) is 0 Å². The van der Waals surface area contributed by atoms with Crippen molar-refractivity contribution in [3.05, 3.63) is 92.0 Å². The lowest BCUT2D eigenvalue weighted by Crippen LogP contribution is -2.22. The molecule has 4 aliphatic rings. The van der Waals surface area contributed by atoms with Crippen molar-refractivity contribution in [1.82, 2.24) is 0 Å². The van der Waals surface area contributed by atoms with Gasteiger partial charge < -0.3 is 10.6 Å². The maximum Gasteiger partial charge on any atom is 0.0423 e. The second-order valence-corrected chi connectivity index (χ2v) is 14.6. The Morgan fingerprint density at radius 3 is 1.23 bits per heavy atom. The molecule has 4 aliphatic carbocycles. The summed E-state index contributed by atoms with van der Waals surface area (Å²) in [5.41, 5.74) is 13.4. The summed E-state index contributed by atoms with van der Waals surface area (Å²) < 4.78 is 0. The summed E-state index contributed by atoms with van der Waals surface area (Å²) in [5, 5.41) is 9.21. The predicted octanol–water partition coefficient (Wildman–Crippen LogP) is 12.9. The van der Waals surface area contributed by atoms with Gasteiger partial charge in [-0.25, -0.2) is 0 Å². The van der Waals surface area contributed by atoms with Gasteiger partial charge in [-0.2, -0.15) is 0 Å². The van der Waals surface area contributed by atoms with E-state index in [2.05, 4.69) is 88.6 Å². The van der Waals surface area contributed by atoms with Crippen molar-refractivity contribution in [3.8, 4) is 0 Å². The van der Waals surface area contributed by atoms with Gasteiger partial charge in [0.25, 0.3) is 0 Å². The Kier molecular flexibility index (Phi) is 11.1. The maximum atomic E-state index is 6.30. The first kappa shape index (κ1) is 33.0. The molecule has 0 bridgehead atoms. The number of nitrogens with one attached hydrogen (secondary N) is 2. The molecule has 2 fully saturated rings. The van der Waals surface area contributed by atoms with Crippen LogP contribution in [-0.2, 0) is 0 Å². The molecule has 0 radical (unpaired) electrons. The van der Waals surface area contributed by atoms with Crippen molar-refractivity contribution < 1.29 is 0 Å². The van der Waals surface area contributed by atoms with Crippen molar-refractivity contribution in [2.24, 2.45) is 11.8 Å². The molecule has 2 N–H and O–H groups in total. The summed E-state index contributed by atoms with van der Waals surface area (Å²) in [6.07, 6.45) is 18.0. The molecule has 236 valence electrons. The third kappa shape index (κ3) is 7.68. The lowest BCUT2D eigenvalue weighted by atomic mass is 9.92. The second kappa shape index (κ2) is 14.8. The fourth-order valence-corrected chi connectivity index (χ4v) is 8.07. The number of halogens is 2. The Bertz CT molecular complexity index is 1350. The molecular weight excluding hydrogens is 579 g/mol. The first-order valence-corrected chi connectivity index (χ1v) is 17.8.